The van der Waals surface area contributed by atoms with Gasteiger partial charge in [-0.1, -0.05) is 0 Å². The molecule has 8 nitrogen and oxygen atoms in total. The fourth-order valence-corrected chi connectivity index (χ4v) is 2.11. The number of hydrogen-bond donors (Lipinski definition) is 4. The van der Waals surface area contributed by atoms with Gasteiger partial charge in [-0.25, -0.2) is 0 Å². The maximum Gasteiger partial charge on any atom is 0.226 e. The van der Waals surface area contributed by atoms with Gasteiger partial charge >= 0.3 is 0 Å². The van der Waals surface area contributed by atoms with Crippen LogP contribution in [0, 0.1) is 0 Å². The third kappa shape index (κ3) is 2.28. The minimum Gasteiger partial charge on any atom is -0.365 e. The fraction of sp³-hybridized carbons (Fsp3) is 0.455. The van der Waals surface area contributed by atoms with E-state index in [1.165, 1.54) is 0 Å². The van der Waals surface area contributed by atoms with E-state index in [0.717, 1.165) is 17.6 Å². The first kappa shape index (κ1) is 11.7. The number of piperidine rings is 1. The second kappa shape index (κ2) is 4.71. The normalized spacial score (nSPS) is 19.2. The second-order valence-corrected chi connectivity index (χ2v) is 4.46. The number of nitrogens with one attached hydrogen (secondary N) is 4. The van der Waals surface area contributed by atoms with Gasteiger partial charge in [0, 0.05) is 26.1 Å². The third-order valence-electron chi connectivity index (χ3n) is 3.14. The van der Waals surface area contributed by atoms with Crippen LogP contribution in [0.3, 0.4) is 0 Å². The van der Waals surface area contributed by atoms with Crippen LogP contribution in [0.25, 0.3) is 11.0 Å². The Balaban J connectivity index is 1.87. The van der Waals surface area contributed by atoms with Gasteiger partial charge in [-0.15, -0.1) is 0 Å². The molecule has 0 saturated carbocycles. The third-order valence-corrected chi connectivity index (χ3v) is 3.14. The molecule has 3 rings (SSSR count). The fourth-order valence-electron chi connectivity index (χ4n) is 2.11. The molecule has 1 fully saturated rings. The summed E-state index contributed by atoms with van der Waals surface area (Å²) in [4.78, 5) is 19.8. The quantitative estimate of drug-likeness (QED) is 0.623. The van der Waals surface area contributed by atoms with Crippen molar-refractivity contribution in [2.45, 2.75) is 18.9 Å². The number of amides is 1. The summed E-state index contributed by atoms with van der Waals surface area (Å²) >= 11 is 0. The maximum absolute atomic E-state index is 11.1. The van der Waals surface area contributed by atoms with Crippen molar-refractivity contribution < 1.29 is 4.79 Å². The van der Waals surface area contributed by atoms with Crippen molar-refractivity contribution in [3.8, 4) is 0 Å². The minimum atomic E-state index is 0.102. The highest BCUT2D eigenvalue weighted by Gasteiger charge is 2.19. The van der Waals surface area contributed by atoms with Crippen LogP contribution in [0.2, 0.25) is 0 Å². The smallest absolute Gasteiger partial charge is 0.226 e. The van der Waals surface area contributed by atoms with Crippen molar-refractivity contribution in [1.82, 2.24) is 25.5 Å². The lowest BCUT2D eigenvalue weighted by molar-refractivity contribution is -0.122. The van der Waals surface area contributed by atoms with Gasteiger partial charge in [0.2, 0.25) is 11.9 Å². The summed E-state index contributed by atoms with van der Waals surface area (Å²) in [6, 6.07) is 0.176. The Labute approximate surface area is 109 Å². The lowest BCUT2D eigenvalue weighted by Gasteiger charge is -2.24. The van der Waals surface area contributed by atoms with Gasteiger partial charge in [0.05, 0.1) is 11.6 Å². The van der Waals surface area contributed by atoms with Gasteiger partial charge in [0.25, 0.3) is 0 Å². The molecule has 4 N–H and O–H groups in total. The monoisotopic (exact) mass is 261 g/mol. The molecule has 1 unspecified atom stereocenters. The van der Waals surface area contributed by atoms with Crippen molar-refractivity contribution in [2.75, 3.05) is 24.2 Å². The number of hydrogen-bond acceptors (Lipinski definition) is 6. The molecule has 1 atom stereocenters. The van der Waals surface area contributed by atoms with Crippen molar-refractivity contribution in [3.05, 3.63) is 6.20 Å². The molecule has 0 spiro atoms. The molecule has 19 heavy (non-hydrogen) atoms. The summed E-state index contributed by atoms with van der Waals surface area (Å²) in [6.07, 6.45) is 3.03. The van der Waals surface area contributed by atoms with Gasteiger partial charge in [0.1, 0.15) is 5.82 Å². The van der Waals surface area contributed by atoms with Crippen molar-refractivity contribution in [2.24, 2.45) is 0 Å². The summed E-state index contributed by atoms with van der Waals surface area (Å²) < 4.78 is 0. The number of H-pyrrole nitrogens is 1. The lowest BCUT2D eigenvalue weighted by Crippen LogP contribution is -2.42. The Morgan fingerprint density at radius 3 is 3.05 bits per heavy atom. The zero-order valence-corrected chi connectivity index (χ0v) is 10.5. The molecule has 1 aliphatic heterocycles. The van der Waals surface area contributed by atoms with Crippen LogP contribution in [0.1, 0.15) is 12.8 Å². The first-order chi connectivity index (χ1) is 9.26. The predicted octanol–water partition coefficient (Wildman–Crippen LogP) is 0.0851. The number of nitrogens with zero attached hydrogens (tertiary/aromatic N) is 3. The van der Waals surface area contributed by atoms with E-state index in [0.29, 0.717) is 24.6 Å². The molecule has 2 aromatic rings. The summed E-state index contributed by atoms with van der Waals surface area (Å²) in [5.74, 6) is 1.36. The van der Waals surface area contributed by atoms with E-state index in [2.05, 4.69) is 36.1 Å². The first-order valence-electron chi connectivity index (χ1n) is 6.18. The Morgan fingerprint density at radius 2 is 2.32 bits per heavy atom. The second-order valence-electron chi connectivity index (χ2n) is 4.46. The number of carbonyl (C=O) groups is 1. The SMILES string of the molecule is CNc1nc(NC2CCC(=O)NC2)c2cn[nH]c2n1. The van der Waals surface area contributed by atoms with E-state index in [4.69, 9.17) is 0 Å². The van der Waals surface area contributed by atoms with E-state index in [1.54, 1.807) is 13.2 Å². The molecule has 0 aromatic carbocycles. The summed E-state index contributed by atoms with van der Waals surface area (Å²) in [5.41, 5.74) is 0.682. The number of anilines is 2. The lowest BCUT2D eigenvalue weighted by atomic mass is 10.1. The van der Waals surface area contributed by atoms with Crippen molar-refractivity contribution in [1.29, 1.82) is 0 Å². The number of rotatable bonds is 3. The average molecular weight is 261 g/mol. The molecule has 3 heterocycles. The molecule has 1 amide bonds. The van der Waals surface area contributed by atoms with Gasteiger partial charge in [-0.2, -0.15) is 15.1 Å². The molecule has 8 heteroatoms. The molecule has 2 aromatic heterocycles. The Morgan fingerprint density at radius 1 is 1.42 bits per heavy atom. The van der Waals surface area contributed by atoms with E-state index in [-0.39, 0.29) is 11.9 Å². The molecular formula is C11H15N7O. The number of aromatic nitrogens is 4. The summed E-state index contributed by atoms with van der Waals surface area (Å²) in [6.45, 7) is 0.608. The molecule has 0 radical (unpaired) electrons. The molecule has 0 aliphatic carbocycles. The first-order valence-corrected chi connectivity index (χ1v) is 6.18. The Hall–Kier alpha value is -2.38. The molecule has 1 aliphatic rings. The average Bonchev–Trinajstić information content (AvgIpc) is 2.89. The van der Waals surface area contributed by atoms with Crippen molar-refractivity contribution in [3.63, 3.8) is 0 Å². The summed E-state index contributed by atoms with van der Waals surface area (Å²) in [5, 5.41) is 16.7. The highest BCUT2D eigenvalue weighted by atomic mass is 16.1. The van der Waals surface area contributed by atoms with Crippen LogP contribution >= 0.6 is 0 Å². The zero-order chi connectivity index (χ0) is 13.2. The topological polar surface area (TPSA) is 108 Å². The number of carbonyl (C=O) groups excluding carboxylic acids is 1. The standard InChI is InChI=1S/C11H15N7O/c1-12-11-16-9(7-5-14-18-10(7)17-11)15-6-2-3-8(19)13-4-6/h5-6H,2-4H2,1H3,(H,13,19)(H3,12,14,15,16,17,18). The Kier molecular flexibility index (Phi) is 2.90. The molecule has 0 bridgehead atoms. The largest absolute Gasteiger partial charge is 0.365 e. The maximum atomic E-state index is 11.1. The van der Waals surface area contributed by atoms with E-state index < -0.39 is 0 Å². The van der Waals surface area contributed by atoms with Crippen LogP contribution in [0.15, 0.2) is 6.20 Å². The van der Waals surface area contributed by atoms with Crippen LogP contribution < -0.4 is 16.0 Å². The van der Waals surface area contributed by atoms with Gasteiger partial charge in [-0.05, 0) is 6.42 Å². The van der Waals surface area contributed by atoms with E-state index in [1.807, 2.05) is 0 Å². The van der Waals surface area contributed by atoms with E-state index in [9.17, 15) is 4.79 Å². The highest BCUT2D eigenvalue weighted by molar-refractivity contribution is 5.87. The Bertz CT molecular complexity index is 598. The summed E-state index contributed by atoms with van der Waals surface area (Å²) in [7, 11) is 1.77. The number of aromatic amines is 1. The molecule has 1 saturated heterocycles. The van der Waals surface area contributed by atoms with Crippen LogP contribution in [0.4, 0.5) is 11.8 Å². The molecular weight excluding hydrogens is 246 g/mol. The van der Waals surface area contributed by atoms with Crippen LogP contribution in [-0.2, 0) is 4.79 Å². The van der Waals surface area contributed by atoms with Crippen molar-refractivity contribution >= 4 is 28.7 Å². The van der Waals surface area contributed by atoms with Gasteiger partial charge in [0.15, 0.2) is 5.65 Å². The van der Waals surface area contributed by atoms with Gasteiger partial charge in [-0.3, -0.25) is 9.89 Å². The highest BCUT2D eigenvalue weighted by Crippen LogP contribution is 2.21. The van der Waals surface area contributed by atoms with Crippen LogP contribution in [-0.4, -0.2) is 45.7 Å². The zero-order valence-electron chi connectivity index (χ0n) is 10.5. The number of fused-ring (bicyclic) bond motifs is 1. The predicted molar refractivity (Wildman–Crippen MR) is 70.9 cm³/mol. The van der Waals surface area contributed by atoms with Gasteiger partial charge < -0.3 is 16.0 Å². The minimum absolute atomic E-state index is 0.102. The van der Waals surface area contributed by atoms with E-state index >= 15 is 0 Å². The molecule has 100 valence electrons. The van der Waals surface area contributed by atoms with Crippen LogP contribution in [0.5, 0.6) is 0 Å².